The molecule has 1 spiro atoms. The first-order chi connectivity index (χ1) is 10.4. The van der Waals surface area contributed by atoms with Crippen LogP contribution in [0.5, 0.6) is 0 Å². The van der Waals surface area contributed by atoms with Crippen LogP contribution in [-0.2, 0) is 10.9 Å². The Bertz CT molecular complexity index is 569. The SMILES string of the molecule is CCO[C@H]1C[C@H](NC(=O)c2ncsc2C(F)(F)F)C12CCC2. The second-order valence-electron chi connectivity index (χ2n) is 5.82. The molecule has 3 rings (SSSR count). The summed E-state index contributed by atoms with van der Waals surface area (Å²) in [6.45, 7) is 2.53. The molecule has 1 amide bonds. The van der Waals surface area contributed by atoms with Crippen LogP contribution in [0.4, 0.5) is 13.2 Å². The van der Waals surface area contributed by atoms with E-state index in [9.17, 15) is 18.0 Å². The first kappa shape index (κ1) is 15.7. The lowest BCUT2D eigenvalue weighted by Crippen LogP contribution is -2.67. The van der Waals surface area contributed by atoms with Crippen LogP contribution in [0.2, 0.25) is 0 Å². The van der Waals surface area contributed by atoms with Crippen molar-refractivity contribution in [3.8, 4) is 0 Å². The highest BCUT2D eigenvalue weighted by atomic mass is 32.1. The first-order valence-corrected chi connectivity index (χ1v) is 8.19. The van der Waals surface area contributed by atoms with E-state index in [0.29, 0.717) is 24.4 Å². The van der Waals surface area contributed by atoms with Gasteiger partial charge in [0.15, 0.2) is 5.69 Å². The Balaban J connectivity index is 1.70. The number of thiazole rings is 1. The lowest BCUT2D eigenvalue weighted by atomic mass is 9.51. The van der Waals surface area contributed by atoms with E-state index in [2.05, 4.69) is 10.3 Å². The summed E-state index contributed by atoms with van der Waals surface area (Å²) in [5.41, 5.74) is 0.451. The Morgan fingerprint density at radius 2 is 2.27 bits per heavy atom. The number of ether oxygens (including phenoxy) is 1. The number of hydrogen-bond donors (Lipinski definition) is 1. The molecule has 2 fully saturated rings. The molecule has 2 aliphatic rings. The van der Waals surface area contributed by atoms with Gasteiger partial charge in [0, 0.05) is 18.1 Å². The van der Waals surface area contributed by atoms with Crippen LogP contribution in [0, 0.1) is 5.41 Å². The molecule has 0 bridgehead atoms. The van der Waals surface area contributed by atoms with Gasteiger partial charge in [-0.25, -0.2) is 4.98 Å². The average Bonchev–Trinajstić information content (AvgIpc) is 2.84. The zero-order valence-electron chi connectivity index (χ0n) is 12.1. The maximum absolute atomic E-state index is 12.8. The van der Waals surface area contributed by atoms with Gasteiger partial charge in [-0.15, -0.1) is 11.3 Å². The van der Waals surface area contributed by atoms with Gasteiger partial charge in [-0.3, -0.25) is 4.79 Å². The number of alkyl halides is 3. The summed E-state index contributed by atoms with van der Waals surface area (Å²) in [7, 11) is 0. The largest absolute Gasteiger partial charge is 0.427 e. The molecule has 22 heavy (non-hydrogen) atoms. The summed E-state index contributed by atoms with van der Waals surface area (Å²) in [4.78, 5) is 14.8. The lowest BCUT2D eigenvalue weighted by Gasteiger charge is -2.60. The zero-order valence-corrected chi connectivity index (χ0v) is 12.9. The molecule has 1 heterocycles. The molecule has 0 unspecified atom stereocenters. The number of carbonyl (C=O) groups excluding carboxylic acids is 1. The molecule has 122 valence electrons. The van der Waals surface area contributed by atoms with Gasteiger partial charge in [0.2, 0.25) is 0 Å². The molecule has 2 atom stereocenters. The summed E-state index contributed by atoms with van der Waals surface area (Å²) in [6, 6.07) is -0.118. The molecular formula is C14H17F3N2O2S. The third-order valence-corrected chi connectivity index (χ3v) is 5.65. The van der Waals surface area contributed by atoms with Crippen LogP contribution in [-0.4, -0.2) is 29.6 Å². The summed E-state index contributed by atoms with van der Waals surface area (Å²) in [5, 5.41) is 2.74. The summed E-state index contributed by atoms with van der Waals surface area (Å²) in [5.74, 6) is -0.736. The molecule has 1 N–H and O–H groups in total. The third kappa shape index (κ3) is 2.42. The maximum atomic E-state index is 12.8. The van der Waals surface area contributed by atoms with Crippen molar-refractivity contribution in [1.82, 2.24) is 10.3 Å². The topological polar surface area (TPSA) is 51.2 Å². The molecule has 2 saturated carbocycles. The second-order valence-corrected chi connectivity index (χ2v) is 6.68. The molecule has 1 aromatic heterocycles. The number of carbonyl (C=O) groups is 1. The van der Waals surface area contributed by atoms with Crippen molar-refractivity contribution < 1.29 is 22.7 Å². The Kier molecular flexibility index (Phi) is 3.92. The molecular weight excluding hydrogens is 317 g/mol. The van der Waals surface area contributed by atoms with Crippen molar-refractivity contribution in [2.45, 2.75) is 50.9 Å². The van der Waals surface area contributed by atoms with Crippen molar-refractivity contribution in [1.29, 1.82) is 0 Å². The number of nitrogens with zero attached hydrogens (tertiary/aromatic N) is 1. The van der Waals surface area contributed by atoms with Crippen LogP contribution < -0.4 is 5.32 Å². The number of rotatable bonds is 4. The first-order valence-electron chi connectivity index (χ1n) is 7.31. The van der Waals surface area contributed by atoms with Crippen molar-refractivity contribution in [2.75, 3.05) is 6.61 Å². The highest BCUT2D eigenvalue weighted by Crippen LogP contribution is 2.57. The third-order valence-electron chi connectivity index (χ3n) is 4.78. The minimum absolute atomic E-state index is 0.0832. The van der Waals surface area contributed by atoms with E-state index in [4.69, 9.17) is 4.74 Å². The Morgan fingerprint density at radius 3 is 2.82 bits per heavy atom. The van der Waals surface area contributed by atoms with E-state index in [0.717, 1.165) is 24.8 Å². The molecule has 0 saturated heterocycles. The van der Waals surface area contributed by atoms with Gasteiger partial charge in [-0.2, -0.15) is 13.2 Å². The van der Waals surface area contributed by atoms with Gasteiger partial charge >= 0.3 is 6.18 Å². The van der Waals surface area contributed by atoms with E-state index >= 15 is 0 Å². The van der Waals surface area contributed by atoms with Crippen molar-refractivity contribution in [3.63, 3.8) is 0 Å². The maximum Gasteiger partial charge on any atom is 0.427 e. The van der Waals surface area contributed by atoms with E-state index in [1.807, 2.05) is 6.92 Å². The minimum Gasteiger partial charge on any atom is -0.378 e. The van der Waals surface area contributed by atoms with Gasteiger partial charge in [0.1, 0.15) is 4.88 Å². The monoisotopic (exact) mass is 334 g/mol. The molecule has 1 aromatic rings. The van der Waals surface area contributed by atoms with Gasteiger partial charge in [0.25, 0.3) is 5.91 Å². The predicted octanol–water partition coefficient (Wildman–Crippen LogP) is 3.24. The van der Waals surface area contributed by atoms with Crippen LogP contribution >= 0.6 is 11.3 Å². The van der Waals surface area contributed by atoms with E-state index in [1.54, 1.807) is 0 Å². The molecule has 0 radical (unpaired) electrons. The fourth-order valence-electron chi connectivity index (χ4n) is 3.48. The summed E-state index contributed by atoms with van der Waals surface area (Å²) >= 11 is 0.444. The molecule has 2 aliphatic carbocycles. The standard InChI is InChI=1S/C14H17F3N2O2S/c1-2-21-9-6-8(13(9)4-3-5-13)19-12(20)10-11(14(15,16)17)22-7-18-10/h7-9H,2-6H2,1H3,(H,19,20)/t8-,9-/m0/s1. The number of halogens is 3. The quantitative estimate of drug-likeness (QED) is 0.920. The average molecular weight is 334 g/mol. The minimum atomic E-state index is -4.55. The van der Waals surface area contributed by atoms with Gasteiger partial charge < -0.3 is 10.1 Å². The number of aromatic nitrogens is 1. The van der Waals surface area contributed by atoms with Crippen LogP contribution in [0.25, 0.3) is 0 Å². The fourth-order valence-corrected chi connectivity index (χ4v) is 4.13. The zero-order chi connectivity index (χ0) is 16.0. The van der Waals surface area contributed by atoms with Crippen LogP contribution in [0.1, 0.15) is 48.0 Å². The molecule has 8 heteroatoms. The molecule has 4 nitrogen and oxygen atoms in total. The van der Waals surface area contributed by atoms with Gasteiger partial charge in [-0.05, 0) is 26.2 Å². The number of amides is 1. The van der Waals surface area contributed by atoms with E-state index < -0.39 is 22.7 Å². The number of nitrogens with one attached hydrogen (secondary N) is 1. The normalized spacial score (nSPS) is 26.4. The van der Waals surface area contributed by atoms with Gasteiger partial charge in [-0.1, -0.05) is 6.42 Å². The Labute approximate surface area is 130 Å². The summed E-state index contributed by atoms with van der Waals surface area (Å²) < 4.78 is 44.2. The van der Waals surface area contributed by atoms with Crippen LogP contribution in [0.15, 0.2) is 5.51 Å². The second kappa shape index (κ2) is 5.49. The van der Waals surface area contributed by atoms with Gasteiger partial charge in [0.05, 0.1) is 11.6 Å². The highest BCUT2D eigenvalue weighted by Gasteiger charge is 2.59. The van der Waals surface area contributed by atoms with Crippen LogP contribution in [0.3, 0.4) is 0 Å². The fraction of sp³-hybridized carbons (Fsp3) is 0.714. The number of hydrogen-bond acceptors (Lipinski definition) is 4. The van der Waals surface area contributed by atoms with Crippen molar-refractivity contribution >= 4 is 17.2 Å². The molecule has 0 aromatic carbocycles. The highest BCUT2D eigenvalue weighted by molar-refractivity contribution is 7.10. The predicted molar refractivity (Wildman–Crippen MR) is 74.7 cm³/mol. The van der Waals surface area contributed by atoms with E-state index in [-0.39, 0.29) is 17.6 Å². The Hall–Kier alpha value is -1.15. The van der Waals surface area contributed by atoms with E-state index in [1.165, 1.54) is 0 Å². The van der Waals surface area contributed by atoms with Crippen molar-refractivity contribution in [3.05, 3.63) is 16.1 Å². The summed E-state index contributed by atoms with van der Waals surface area (Å²) in [6.07, 6.45) is -0.812. The smallest absolute Gasteiger partial charge is 0.378 e. The lowest BCUT2D eigenvalue weighted by molar-refractivity contribution is -0.169. The Morgan fingerprint density at radius 1 is 1.55 bits per heavy atom. The molecule has 0 aliphatic heterocycles. The van der Waals surface area contributed by atoms with Crippen molar-refractivity contribution in [2.24, 2.45) is 5.41 Å².